The third-order valence-electron chi connectivity index (χ3n) is 7.67. The first-order valence-electron chi connectivity index (χ1n) is 13.4. The molecule has 5 rings (SSSR count). The molecular formula is C32H35BrN2O4. The van der Waals surface area contributed by atoms with Gasteiger partial charge in [0.25, 0.3) is 5.91 Å². The summed E-state index contributed by atoms with van der Waals surface area (Å²) in [4.78, 5) is 39.5. The van der Waals surface area contributed by atoms with Gasteiger partial charge in [0.1, 0.15) is 5.75 Å². The van der Waals surface area contributed by atoms with Crippen LogP contribution in [0, 0.1) is 17.8 Å². The lowest BCUT2D eigenvalue weighted by molar-refractivity contribution is -0.119. The van der Waals surface area contributed by atoms with Crippen LogP contribution >= 0.6 is 15.9 Å². The van der Waals surface area contributed by atoms with E-state index < -0.39 is 5.92 Å². The van der Waals surface area contributed by atoms with Gasteiger partial charge >= 0.3 is 0 Å². The molecule has 7 heteroatoms. The quantitative estimate of drug-likeness (QED) is 0.402. The summed E-state index contributed by atoms with van der Waals surface area (Å²) in [6.07, 6.45) is 2.41. The van der Waals surface area contributed by atoms with Crippen LogP contribution in [0.1, 0.15) is 70.4 Å². The minimum atomic E-state index is -0.418. The van der Waals surface area contributed by atoms with Crippen molar-refractivity contribution in [3.63, 3.8) is 0 Å². The molecule has 204 valence electrons. The highest BCUT2D eigenvalue weighted by Gasteiger charge is 2.46. The molecular weight excluding hydrogens is 556 g/mol. The molecule has 6 nitrogen and oxygen atoms in total. The van der Waals surface area contributed by atoms with Crippen LogP contribution in [-0.4, -0.2) is 24.1 Å². The molecule has 2 aromatic rings. The van der Waals surface area contributed by atoms with Crippen LogP contribution in [-0.2, 0) is 14.4 Å². The monoisotopic (exact) mass is 590 g/mol. The molecule has 39 heavy (non-hydrogen) atoms. The van der Waals surface area contributed by atoms with Crippen molar-refractivity contribution < 1.29 is 19.1 Å². The molecule has 0 unspecified atom stereocenters. The van der Waals surface area contributed by atoms with Gasteiger partial charge in [-0.2, -0.15) is 0 Å². The zero-order valence-corrected chi connectivity index (χ0v) is 24.8. The number of allylic oxidation sites excluding steroid dienone is 4. The van der Waals surface area contributed by atoms with E-state index in [9.17, 15) is 14.4 Å². The number of ether oxygens (including phenoxy) is 1. The van der Waals surface area contributed by atoms with Crippen molar-refractivity contribution in [2.45, 2.75) is 66.2 Å². The number of nitrogens with one attached hydrogen (secondary N) is 2. The Morgan fingerprint density at radius 2 is 1.56 bits per heavy atom. The summed E-state index contributed by atoms with van der Waals surface area (Å²) < 4.78 is 6.49. The molecule has 2 N–H and O–H groups in total. The predicted molar refractivity (Wildman–Crippen MR) is 155 cm³/mol. The van der Waals surface area contributed by atoms with E-state index in [1.807, 2.05) is 43.3 Å². The van der Waals surface area contributed by atoms with Gasteiger partial charge in [-0.25, -0.2) is 0 Å². The third-order valence-corrected chi connectivity index (χ3v) is 8.29. The van der Waals surface area contributed by atoms with Crippen LogP contribution in [0.25, 0.3) is 0 Å². The Balaban J connectivity index is 1.43. The average molecular weight is 592 g/mol. The number of anilines is 1. The molecule has 0 saturated carbocycles. The topological polar surface area (TPSA) is 84.5 Å². The van der Waals surface area contributed by atoms with E-state index in [4.69, 9.17) is 4.74 Å². The molecule has 0 bridgehead atoms. The Hall–Kier alpha value is -3.19. The molecule has 2 aliphatic carbocycles. The highest BCUT2D eigenvalue weighted by Crippen LogP contribution is 2.51. The Morgan fingerprint density at radius 3 is 2.13 bits per heavy atom. The van der Waals surface area contributed by atoms with Gasteiger partial charge in [-0.3, -0.25) is 14.4 Å². The standard InChI is InChI=1S/C32H35BrN2O4/c1-18-7-6-8-20(11-18)34-27(38)17-39-26-10-9-19(12-21(26)33)28-29-22(13-31(2,3)15-24(29)36)35-23-14-32(4,5)16-25(37)30(23)28/h6-12,28,35H,13-17H2,1-5H3,(H,34,38). The number of carbonyl (C=O) groups is 3. The predicted octanol–water partition coefficient (Wildman–Crippen LogP) is 6.75. The lowest BCUT2D eigenvalue weighted by atomic mass is 9.64. The van der Waals surface area contributed by atoms with Crippen molar-refractivity contribution in [3.05, 3.63) is 80.6 Å². The smallest absolute Gasteiger partial charge is 0.262 e. The summed E-state index contributed by atoms with van der Waals surface area (Å²) >= 11 is 3.61. The zero-order chi connectivity index (χ0) is 28.1. The summed E-state index contributed by atoms with van der Waals surface area (Å²) in [6.45, 7) is 10.3. The van der Waals surface area contributed by atoms with E-state index in [1.165, 1.54) is 0 Å². The first-order valence-corrected chi connectivity index (χ1v) is 14.2. The van der Waals surface area contributed by atoms with E-state index in [-0.39, 0.29) is 34.9 Å². The van der Waals surface area contributed by atoms with Crippen molar-refractivity contribution in [1.29, 1.82) is 0 Å². The number of rotatable bonds is 5. The fourth-order valence-corrected chi connectivity index (χ4v) is 6.61. The summed E-state index contributed by atoms with van der Waals surface area (Å²) in [6, 6.07) is 13.2. The highest BCUT2D eigenvalue weighted by molar-refractivity contribution is 9.10. The molecule has 3 aliphatic rings. The number of hydrogen-bond donors (Lipinski definition) is 2. The molecule has 0 radical (unpaired) electrons. The van der Waals surface area contributed by atoms with Crippen molar-refractivity contribution >= 4 is 39.1 Å². The summed E-state index contributed by atoms with van der Waals surface area (Å²) in [5, 5.41) is 6.40. The third kappa shape index (κ3) is 5.74. The van der Waals surface area contributed by atoms with Crippen LogP contribution in [0.3, 0.4) is 0 Å². The zero-order valence-electron chi connectivity index (χ0n) is 23.2. The largest absolute Gasteiger partial charge is 0.483 e. The fourth-order valence-electron chi connectivity index (χ4n) is 6.10. The first-order chi connectivity index (χ1) is 18.3. The lowest BCUT2D eigenvalue weighted by Gasteiger charge is -2.44. The van der Waals surface area contributed by atoms with Gasteiger partial charge in [0.05, 0.1) is 4.47 Å². The molecule has 0 aromatic heterocycles. The van der Waals surface area contributed by atoms with E-state index in [0.717, 1.165) is 41.1 Å². The number of aryl methyl sites for hydroxylation is 1. The Kier molecular flexibility index (Phi) is 7.08. The van der Waals surface area contributed by atoms with E-state index in [1.54, 1.807) is 6.07 Å². The van der Waals surface area contributed by atoms with E-state index in [2.05, 4.69) is 54.3 Å². The Labute approximate surface area is 238 Å². The maximum Gasteiger partial charge on any atom is 0.262 e. The highest BCUT2D eigenvalue weighted by atomic mass is 79.9. The maximum atomic E-state index is 13.5. The first kappa shape index (κ1) is 27.4. The molecule has 0 spiro atoms. The van der Waals surface area contributed by atoms with Crippen LogP contribution < -0.4 is 15.4 Å². The molecule has 0 fully saturated rings. The number of benzene rings is 2. The number of hydrogen-bond acceptors (Lipinski definition) is 5. The van der Waals surface area contributed by atoms with Gasteiger partial charge in [0.15, 0.2) is 18.2 Å². The van der Waals surface area contributed by atoms with Crippen molar-refractivity contribution in [3.8, 4) is 5.75 Å². The van der Waals surface area contributed by atoms with Crippen molar-refractivity contribution in [2.24, 2.45) is 10.8 Å². The SMILES string of the molecule is Cc1cccc(NC(=O)COc2ccc(C3C4=C(CC(C)(C)CC4=O)NC4=C3C(=O)CC(C)(C)C4)cc2Br)c1. The molecule has 2 aromatic carbocycles. The van der Waals surface area contributed by atoms with Crippen LogP contribution in [0.15, 0.2) is 69.5 Å². The number of carbonyl (C=O) groups excluding carboxylic acids is 3. The number of halogens is 1. The summed E-state index contributed by atoms with van der Waals surface area (Å²) in [7, 11) is 0. The normalized spacial score (nSPS) is 20.3. The number of ketones is 2. The second-order valence-corrected chi connectivity index (χ2v) is 13.5. The van der Waals surface area contributed by atoms with E-state index >= 15 is 0 Å². The molecule has 0 saturated heterocycles. The Bertz CT molecular complexity index is 1400. The summed E-state index contributed by atoms with van der Waals surface area (Å²) in [5.41, 5.74) is 5.65. The fraction of sp³-hybridized carbons (Fsp3) is 0.406. The second kappa shape index (κ2) is 10.1. The van der Waals surface area contributed by atoms with Crippen LogP contribution in [0.2, 0.25) is 0 Å². The summed E-state index contributed by atoms with van der Waals surface area (Å²) in [5.74, 6) is 0.0193. The van der Waals surface area contributed by atoms with Gasteiger partial charge in [-0.05, 0) is 81.9 Å². The van der Waals surface area contributed by atoms with Gasteiger partial charge in [-0.1, -0.05) is 45.9 Å². The molecule has 1 amide bonds. The second-order valence-electron chi connectivity index (χ2n) is 12.6. The van der Waals surface area contributed by atoms with Crippen molar-refractivity contribution in [2.75, 3.05) is 11.9 Å². The Morgan fingerprint density at radius 1 is 0.949 bits per heavy atom. The van der Waals surface area contributed by atoms with Crippen LogP contribution in [0.4, 0.5) is 5.69 Å². The van der Waals surface area contributed by atoms with Gasteiger partial charge in [0, 0.05) is 47.0 Å². The van der Waals surface area contributed by atoms with Gasteiger partial charge < -0.3 is 15.4 Å². The number of amides is 1. The minimum Gasteiger partial charge on any atom is -0.483 e. The van der Waals surface area contributed by atoms with Gasteiger partial charge in [0.2, 0.25) is 0 Å². The average Bonchev–Trinajstić information content (AvgIpc) is 2.80. The maximum absolute atomic E-state index is 13.5. The molecule has 1 aliphatic heterocycles. The van der Waals surface area contributed by atoms with E-state index in [0.29, 0.717) is 34.2 Å². The molecule has 0 atom stereocenters. The number of dihydropyridines is 1. The van der Waals surface area contributed by atoms with Crippen molar-refractivity contribution in [1.82, 2.24) is 5.32 Å². The van der Waals surface area contributed by atoms with Crippen LogP contribution in [0.5, 0.6) is 5.75 Å². The lowest BCUT2D eigenvalue weighted by Crippen LogP contribution is -2.42. The van der Waals surface area contributed by atoms with Gasteiger partial charge in [-0.15, -0.1) is 0 Å². The molecule has 1 heterocycles. The minimum absolute atomic E-state index is 0.0900. The number of Topliss-reactive ketones (excluding diaryl/α,β-unsaturated/α-hetero) is 2.